The fourth-order valence-corrected chi connectivity index (χ4v) is 2.79. The minimum Gasteiger partial charge on any atom is -0.396 e. The molecule has 21 heavy (non-hydrogen) atoms. The van der Waals surface area contributed by atoms with Gasteiger partial charge < -0.3 is 5.73 Å². The van der Waals surface area contributed by atoms with E-state index >= 15 is 0 Å². The van der Waals surface area contributed by atoms with E-state index in [1.54, 1.807) is 0 Å². The molecule has 1 aliphatic carbocycles. The maximum absolute atomic E-state index is 12.1. The standard InChI is InChI=1S/C13H15Cl3N4O/c1-6-4-2-3-5-7(6)19-20-13(21)11-8(14)10(17)9(15)12(16)18-11/h6H,2-5H2,1H3,(H2,17,18)(H,20,21)/b19-7-/t6-/m1/s1. The van der Waals surface area contributed by atoms with Crippen LogP contribution in [0.15, 0.2) is 5.10 Å². The lowest BCUT2D eigenvalue weighted by Crippen LogP contribution is -2.25. The Hall–Kier alpha value is -1.04. The zero-order valence-corrected chi connectivity index (χ0v) is 13.7. The Morgan fingerprint density at radius 2 is 2.05 bits per heavy atom. The zero-order valence-electron chi connectivity index (χ0n) is 11.4. The molecule has 5 nitrogen and oxygen atoms in total. The molecule has 0 aliphatic heterocycles. The van der Waals surface area contributed by atoms with Gasteiger partial charge in [-0.25, -0.2) is 10.4 Å². The quantitative estimate of drug-likeness (QED) is 0.627. The highest BCUT2D eigenvalue weighted by Crippen LogP contribution is 2.34. The van der Waals surface area contributed by atoms with Crippen molar-refractivity contribution >= 4 is 52.1 Å². The van der Waals surface area contributed by atoms with Crippen LogP contribution < -0.4 is 11.2 Å². The number of hydrazone groups is 1. The maximum Gasteiger partial charge on any atom is 0.291 e. The van der Waals surface area contributed by atoms with E-state index in [1.807, 2.05) is 0 Å². The molecule has 1 heterocycles. The maximum atomic E-state index is 12.1. The molecule has 0 spiro atoms. The molecule has 114 valence electrons. The van der Waals surface area contributed by atoms with E-state index in [2.05, 4.69) is 22.4 Å². The van der Waals surface area contributed by atoms with Crippen LogP contribution in [0.5, 0.6) is 0 Å². The molecule has 1 amide bonds. The number of rotatable bonds is 2. The van der Waals surface area contributed by atoms with Crippen LogP contribution in [0.2, 0.25) is 15.2 Å². The molecule has 0 bridgehead atoms. The van der Waals surface area contributed by atoms with Crippen LogP contribution in [0, 0.1) is 5.92 Å². The lowest BCUT2D eigenvalue weighted by Gasteiger charge is -2.19. The third-order valence-electron chi connectivity index (χ3n) is 3.48. The highest BCUT2D eigenvalue weighted by Gasteiger charge is 2.21. The van der Waals surface area contributed by atoms with Crippen molar-refractivity contribution in [1.29, 1.82) is 0 Å². The first kappa shape index (κ1) is 16.3. The number of hydrogen-bond donors (Lipinski definition) is 2. The van der Waals surface area contributed by atoms with Crippen molar-refractivity contribution in [3.63, 3.8) is 0 Å². The second-order valence-electron chi connectivity index (χ2n) is 4.98. The summed E-state index contributed by atoms with van der Waals surface area (Å²) in [4.78, 5) is 16.0. The number of carbonyl (C=O) groups is 1. The SMILES string of the molecule is C[C@@H]1CCCC/C1=N/NC(=O)c1nc(Cl)c(Cl)c(N)c1Cl. The Morgan fingerprint density at radius 3 is 2.71 bits per heavy atom. The van der Waals surface area contributed by atoms with Gasteiger partial charge in [0, 0.05) is 5.71 Å². The van der Waals surface area contributed by atoms with E-state index in [0.29, 0.717) is 5.92 Å². The molecule has 1 aliphatic rings. The second-order valence-corrected chi connectivity index (χ2v) is 6.10. The topological polar surface area (TPSA) is 80.4 Å². The van der Waals surface area contributed by atoms with E-state index < -0.39 is 5.91 Å². The van der Waals surface area contributed by atoms with Gasteiger partial charge in [-0.05, 0) is 25.2 Å². The average molecular weight is 350 g/mol. The molecule has 1 aromatic rings. The minimum absolute atomic E-state index is 0.0289. The summed E-state index contributed by atoms with van der Waals surface area (Å²) < 4.78 is 0. The number of pyridine rings is 1. The van der Waals surface area contributed by atoms with Crippen LogP contribution >= 0.6 is 34.8 Å². The Morgan fingerprint density at radius 1 is 1.33 bits per heavy atom. The number of halogens is 3. The molecular formula is C13H15Cl3N4O. The molecule has 1 aromatic heterocycles. The van der Waals surface area contributed by atoms with Crippen LogP contribution in [0.1, 0.15) is 43.1 Å². The van der Waals surface area contributed by atoms with Gasteiger partial charge >= 0.3 is 0 Å². The molecule has 0 radical (unpaired) electrons. The smallest absolute Gasteiger partial charge is 0.291 e. The Kier molecular flexibility index (Phi) is 5.30. The Bertz CT molecular complexity index is 604. The van der Waals surface area contributed by atoms with Crippen LogP contribution in [-0.2, 0) is 0 Å². The zero-order chi connectivity index (χ0) is 15.6. The van der Waals surface area contributed by atoms with Gasteiger partial charge in [-0.2, -0.15) is 5.10 Å². The highest BCUT2D eigenvalue weighted by molar-refractivity contribution is 6.46. The molecule has 0 aromatic carbocycles. The molecular weight excluding hydrogens is 335 g/mol. The van der Waals surface area contributed by atoms with Crippen molar-refractivity contribution in [2.75, 3.05) is 5.73 Å². The monoisotopic (exact) mass is 348 g/mol. The Labute approximate surface area is 137 Å². The largest absolute Gasteiger partial charge is 0.396 e. The lowest BCUT2D eigenvalue weighted by atomic mass is 9.89. The van der Waals surface area contributed by atoms with E-state index in [1.165, 1.54) is 6.42 Å². The van der Waals surface area contributed by atoms with Crippen LogP contribution in [-0.4, -0.2) is 16.6 Å². The summed E-state index contributed by atoms with van der Waals surface area (Å²) in [6, 6.07) is 0. The van der Waals surface area contributed by atoms with Crippen molar-refractivity contribution in [2.45, 2.75) is 32.6 Å². The summed E-state index contributed by atoms with van der Waals surface area (Å²) >= 11 is 17.6. The number of aromatic nitrogens is 1. The highest BCUT2D eigenvalue weighted by atomic mass is 35.5. The van der Waals surface area contributed by atoms with Crippen molar-refractivity contribution in [3.8, 4) is 0 Å². The number of amides is 1. The van der Waals surface area contributed by atoms with Gasteiger partial charge in [0.2, 0.25) is 0 Å². The van der Waals surface area contributed by atoms with Crippen LogP contribution in [0.25, 0.3) is 0 Å². The molecule has 1 saturated carbocycles. The van der Waals surface area contributed by atoms with Crippen molar-refractivity contribution in [1.82, 2.24) is 10.4 Å². The predicted molar refractivity (Wildman–Crippen MR) is 86.2 cm³/mol. The van der Waals surface area contributed by atoms with Gasteiger partial charge in [0.05, 0.1) is 10.7 Å². The van der Waals surface area contributed by atoms with Crippen LogP contribution in [0.4, 0.5) is 5.69 Å². The number of nitrogens with one attached hydrogen (secondary N) is 1. The summed E-state index contributed by atoms with van der Waals surface area (Å²) in [5.41, 5.74) is 9.05. The summed E-state index contributed by atoms with van der Waals surface area (Å²) in [5, 5.41) is 4.10. The molecule has 1 fully saturated rings. The normalized spacial score (nSPS) is 20.6. The number of anilines is 1. The fraction of sp³-hybridized carbons (Fsp3) is 0.462. The number of nitrogens with zero attached hydrogens (tertiary/aromatic N) is 2. The van der Waals surface area contributed by atoms with Crippen LogP contribution in [0.3, 0.4) is 0 Å². The van der Waals surface area contributed by atoms with Crippen molar-refractivity contribution in [2.24, 2.45) is 11.0 Å². The number of hydrogen-bond acceptors (Lipinski definition) is 4. The number of carbonyl (C=O) groups excluding carboxylic acids is 1. The summed E-state index contributed by atoms with van der Waals surface area (Å²) in [7, 11) is 0. The first-order valence-corrected chi connectivity index (χ1v) is 7.72. The minimum atomic E-state index is -0.560. The molecule has 8 heteroatoms. The first-order chi connectivity index (χ1) is 9.91. The summed E-state index contributed by atoms with van der Waals surface area (Å²) in [5.74, 6) is -0.197. The Balaban J connectivity index is 2.19. The third-order valence-corrected chi connectivity index (χ3v) is 4.61. The van der Waals surface area contributed by atoms with Gasteiger partial charge in [-0.15, -0.1) is 0 Å². The molecule has 2 rings (SSSR count). The molecule has 3 N–H and O–H groups in total. The first-order valence-electron chi connectivity index (χ1n) is 6.58. The van der Waals surface area contributed by atoms with Gasteiger partial charge in [0.15, 0.2) is 10.8 Å². The lowest BCUT2D eigenvalue weighted by molar-refractivity contribution is 0.0949. The van der Waals surface area contributed by atoms with E-state index in [9.17, 15) is 4.79 Å². The van der Waals surface area contributed by atoms with Gasteiger partial charge in [-0.1, -0.05) is 48.1 Å². The van der Waals surface area contributed by atoms with E-state index in [0.717, 1.165) is 25.0 Å². The second kappa shape index (κ2) is 6.81. The number of nitrogens with two attached hydrogens (primary N) is 1. The predicted octanol–water partition coefficient (Wildman–Crippen LogP) is 3.92. The van der Waals surface area contributed by atoms with Crippen molar-refractivity contribution in [3.05, 3.63) is 20.9 Å². The van der Waals surface area contributed by atoms with E-state index in [4.69, 9.17) is 40.5 Å². The molecule has 0 saturated heterocycles. The summed E-state index contributed by atoms with van der Waals surface area (Å²) in [6.07, 6.45) is 4.22. The average Bonchev–Trinajstić information content (AvgIpc) is 2.47. The van der Waals surface area contributed by atoms with Gasteiger partial charge in [0.1, 0.15) is 5.02 Å². The summed E-state index contributed by atoms with van der Waals surface area (Å²) in [6.45, 7) is 2.09. The fourth-order valence-electron chi connectivity index (χ4n) is 2.19. The molecule has 1 atom stereocenters. The number of nitrogen functional groups attached to an aromatic ring is 1. The van der Waals surface area contributed by atoms with Crippen molar-refractivity contribution < 1.29 is 4.79 Å². The molecule has 0 unspecified atom stereocenters. The van der Waals surface area contributed by atoms with E-state index in [-0.39, 0.29) is 26.6 Å². The third kappa shape index (κ3) is 3.59. The van der Waals surface area contributed by atoms with Gasteiger partial charge in [0.25, 0.3) is 5.91 Å². The van der Waals surface area contributed by atoms with Gasteiger partial charge in [-0.3, -0.25) is 4.79 Å².